The van der Waals surface area contributed by atoms with Gasteiger partial charge in [-0.3, -0.25) is 0 Å². The molecule has 0 N–H and O–H groups in total. The number of hydrogen-bond acceptors (Lipinski definition) is 4. The predicted octanol–water partition coefficient (Wildman–Crippen LogP) is 5.35. The van der Waals surface area contributed by atoms with Crippen molar-refractivity contribution in [3.63, 3.8) is 0 Å². The maximum atomic E-state index is 6.14. The third kappa shape index (κ3) is 3.55. The first-order chi connectivity index (χ1) is 13.3. The third-order valence-corrected chi connectivity index (χ3v) is 4.33. The Balaban J connectivity index is 1.95. The molecule has 4 nitrogen and oxygen atoms in total. The first-order valence-corrected chi connectivity index (χ1v) is 8.63. The second-order valence-corrected chi connectivity index (χ2v) is 6.03. The van der Waals surface area contributed by atoms with E-state index in [0.717, 1.165) is 44.8 Å². The van der Waals surface area contributed by atoms with Gasteiger partial charge in [-0.1, -0.05) is 18.2 Å². The molecule has 0 unspecified atom stereocenters. The Morgan fingerprint density at radius 2 is 1.44 bits per heavy atom. The number of methoxy groups -OCH3 is 2. The van der Waals surface area contributed by atoms with E-state index in [0.29, 0.717) is 0 Å². The molecule has 0 radical (unpaired) electrons. The highest BCUT2D eigenvalue weighted by Gasteiger charge is 2.08. The molecule has 1 heterocycles. The number of hydrogen-bond donors (Lipinski definition) is 0. The Hall–Kier alpha value is -3.53. The smallest absolute Gasteiger partial charge is 0.137 e. The molecule has 0 aliphatic heterocycles. The van der Waals surface area contributed by atoms with E-state index in [-0.39, 0.29) is 0 Å². The molecule has 0 saturated carbocycles. The first kappa shape index (κ1) is 16.9. The molecule has 0 saturated heterocycles. The van der Waals surface area contributed by atoms with E-state index >= 15 is 0 Å². The van der Waals surface area contributed by atoms with Gasteiger partial charge in [-0.15, -0.1) is 0 Å². The summed E-state index contributed by atoms with van der Waals surface area (Å²) in [6, 6.07) is 25.3. The summed E-state index contributed by atoms with van der Waals surface area (Å²) < 4.78 is 16.8. The Morgan fingerprint density at radius 3 is 2.15 bits per heavy atom. The maximum absolute atomic E-state index is 6.14. The molecular formula is C23H19NO3. The lowest BCUT2D eigenvalue weighted by molar-refractivity contribution is 0.414. The second-order valence-electron chi connectivity index (χ2n) is 6.03. The van der Waals surface area contributed by atoms with Crippen LogP contribution in [-0.4, -0.2) is 14.2 Å². The van der Waals surface area contributed by atoms with Crippen molar-refractivity contribution in [1.29, 1.82) is 0 Å². The van der Waals surface area contributed by atoms with E-state index < -0.39 is 0 Å². The Bertz CT molecular complexity index is 1130. The topological polar surface area (TPSA) is 44.0 Å². The monoisotopic (exact) mass is 357 g/mol. The van der Waals surface area contributed by atoms with Crippen LogP contribution in [0, 0.1) is 0 Å². The molecule has 4 aromatic rings. The van der Waals surface area contributed by atoms with Crippen molar-refractivity contribution in [2.75, 3.05) is 14.2 Å². The number of ether oxygens (including phenoxy) is 2. The lowest BCUT2D eigenvalue weighted by Crippen LogP contribution is -2.03. The van der Waals surface area contributed by atoms with Crippen molar-refractivity contribution in [2.45, 2.75) is 0 Å². The van der Waals surface area contributed by atoms with Gasteiger partial charge in [0.25, 0.3) is 0 Å². The summed E-state index contributed by atoms with van der Waals surface area (Å²) in [6.07, 6.45) is 0. The van der Waals surface area contributed by atoms with Crippen LogP contribution in [0.5, 0.6) is 11.5 Å². The molecule has 0 aliphatic carbocycles. The lowest BCUT2D eigenvalue weighted by Gasteiger charge is -2.07. The van der Waals surface area contributed by atoms with Crippen molar-refractivity contribution in [3.05, 3.63) is 84.2 Å². The van der Waals surface area contributed by atoms with Crippen LogP contribution in [-0.2, 0) is 0 Å². The van der Waals surface area contributed by atoms with Crippen LogP contribution in [0.4, 0.5) is 5.69 Å². The summed E-state index contributed by atoms with van der Waals surface area (Å²) in [5.74, 6) is 2.31. The van der Waals surface area contributed by atoms with E-state index in [4.69, 9.17) is 18.9 Å². The summed E-state index contributed by atoms with van der Waals surface area (Å²) in [5.41, 5.74) is 2.59. The van der Waals surface area contributed by atoms with Gasteiger partial charge in [0.05, 0.1) is 25.3 Å². The zero-order valence-electron chi connectivity index (χ0n) is 15.2. The first-order valence-electron chi connectivity index (χ1n) is 8.63. The number of fused-ring (bicyclic) bond motifs is 1. The highest BCUT2D eigenvalue weighted by molar-refractivity contribution is 5.80. The molecule has 134 valence electrons. The zero-order valence-corrected chi connectivity index (χ0v) is 15.2. The van der Waals surface area contributed by atoms with Crippen molar-refractivity contribution in [2.24, 2.45) is 4.99 Å². The van der Waals surface area contributed by atoms with Gasteiger partial charge >= 0.3 is 0 Å². The normalized spacial score (nSPS) is 11.6. The molecule has 4 heteroatoms. The van der Waals surface area contributed by atoms with Gasteiger partial charge in [0.2, 0.25) is 0 Å². The molecule has 3 aromatic carbocycles. The van der Waals surface area contributed by atoms with Gasteiger partial charge in [0.15, 0.2) is 0 Å². The average molecular weight is 357 g/mol. The minimum absolute atomic E-state index is 0.741. The van der Waals surface area contributed by atoms with Crippen molar-refractivity contribution >= 4 is 16.7 Å². The molecule has 0 fully saturated rings. The van der Waals surface area contributed by atoms with Gasteiger partial charge in [-0.05, 0) is 54.6 Å². The fraction of sp³-hybridized carbons (Fsp3) is 0.0870. The van der Waals surface area contributed by atoms with Crippen LogP contribution in [0.25, 0.3) is 22.3 Å². The summed E-state index contributed by atoms with van der Waals surface area (Å²) in [6.45, 7) is 0. The Morgan fingerprint density at radius 1 is 0.741 bits per heavy atom. The third-order valence-electron chi connectivity index (χ3n) is 4.33. The second kappa shape index (κ2) is 7.38. The molecule has 27 heavy (non-hydrogen) atoms. The minimum atomic E-state index is 0.741. The van der Waals surface area contributed by atoms with Gasteiger partial charge in [0.1, 0.15) is 22.8 Å². The van der Waals surface area contributed by atoms with Gasteiger partial charge < -0.3 is 13.9 Å². The molecule has 0 spiro atoms. The van der Waals surface area contributed by atoms with Crippen LogP contribution >= 0.6 is 0 Å². The summed E-state index contributed by atoms with van der Waals surface area (Å²) in [7, 11) is 3.30. The highest BCUT2D eigenvalue weighted by Crippen LogP contribution is 2.26. The highest BCUT2D eigenvalue weighted by atomic mass is 16.5. The van der Waals surface area contributed by atoms with E-state index in [2.05, 4.69) is 0 Å². The van der Waals surface area contributed by atoms with E-state index in [1.807, 2.05) is 78.9 Å². The van der Waals surface area contributed by atoms with Gasteiger partial charge in [-0.25, -0.2) is 4.99 Å². The van der Waals surface area contributed by atoms with Crippen molar-refractivity contribution in [1.82, 2.24) is 0 Å². The molecule has 0 aliphatic rings. The zero-order chi connectivity index (χ0) is 18.6. The van der Waals surface area contributed by atoms with E-state index in [1.165, 1.54) is 0 Å². The van der Waals surface area contributed by atoms with Crippen molar-refractivity contribution < 1.29 is 13.9 Å². The summed E-state index contributed by atoms with van der Waals surface area (Å²) >= 11 is 0. The van der Waals surface area contributed by atoms with Crippen molar-refractivity contribution in [3.8, 4) is 22.8 Å². The van der Waals surface area contributed by atoms with E-state index in [9.17, 15) is 0 Å². The SMILES string of the molecule is COc1ccc(-c2cc(=Nc3ccccc3)c3cc(OC)ccc3o2)cc1. The molecule has 1 aromatic heterocycles. The fourth-order valence-corrected chi connectivity index (χ4v) is 2.91. The maximum Gasteiger partial charge on any atom is 0.137 e. The summed E-state index contributed by atoms with van der Waals surface area (Å²) in [5, 5.41) is 1.72. The number of nitrogens with zero attached hydrogens (tertiary/aromatic N) is 1. The Kier molecular flexibility index (Phi) is 4.62. The summed E-state index contributed by atoms with van der Waals surface area (Å²) in [4.78, 5) is 4.82. The quantitative estimate of drug-likeness (QED) is 0.494. The van der Waals surface area contributed by atoms with Crippen LogP contribution in [0.3, 0.4) is 0 Å². The molecule has 4 rings (SSSR count). The number of para-hydroxylation sites is 1. The predicted molar refractivity (Wildman–Crippen MR) is 106 cm³/mol. The van der Waals surface area contributed by atoms with Gasteiger partial charge in [-0.2, -0.15) is 0 Å². The van der Waals surface area contributed by atoms with Crippen LogP contribution in [0.2, 0.25) is 0 Å². The minimum Gasteiger partial charge on any atom is -0.497 e. The molecular weight excluding hydrogens is 338 g/mol. The van der Waals surface area contributed by atoms with Crippen LogP contribution in [0.15, 0.2) is 88.3 Å². The number of rotatable bonds is 4. The van der Waals surface area contributed by atoms with Gasteiger partial charge in [0, 0.05) is 17.0 Å². The Labute approximate surface area is 157 Å². The number of benzene rings is 3. The van der Waals surface area contributed by atoms with Crippen LogP contribution < -0.4 is 14.8 Å². The van der Waals surface area contributed by atoms with Crippen LogP contribution in [0.1, 0.15) is 0 Å². The van der Waals surface area contributed by atoms with E-state index in [1.54, 1.807) is 14.2 Å². The largest absolute Gasteiger partial charge is 0.497 e. The standard InChI is InChI=1S/C23H19NO3/c1-25-18-10-8-16(9-11-18)23-15-21(24-17-6-4-3-5-7-17)20-14-19(26-2)12-13-22(20)27-23/h3-15H,1-2H3. The average Bonchev–Trinajstić information content (AvgIpc) is 2.74. The fourth-order valence-electron chi connectivity index (χ4n) is 2.91. The molecule has 0 bridgehead atoms. The molecule has 0 atom stereocenters. The lowest BCUT2D eigenvalue weighted by atomic mass is 10.1. The molecule has 0 amide bonds.